The van der Waals surface area contributed by atoms with Gasteiger partial charge in [-0.25, -0.2) is 33.5 Å². The summed E-state index contributed by atoms with van der Waals surface area (Å²) in [5.41, 5.74) is 0. The van der Waals surface area contributed by atoms with Crippen LogP contribution in [0.1, 0.15) is 0 Å². The zero-order valence-electron chi connectivity index (χ0n) is 53.3. The van der Waals surface area contributed by atoms with E-state index in [2.05, 4.69) is 42.6 Å². The minimum absolute atomic E-state index is 0. The smallest absolute Gasteiger partial charge is 0.408 e. The van der Waals surface area contributed by atoms with Crippen LogP contribution in [0.5, 0.6) is 0 Å². The van der Waals surface area contributed by atoms with Gasteiger partial charge < -0.3 is 259 Å². The lowest BCUT2D eigenvalue weighted by molar-refractivity contribution is -0.379. The molecular weight excluding hydrogens is 2020 g/mol. The number of hydrogen-bond acceptors (Lipinski definition) is 35. The molecule has 0 amide bonds. The Balaban J connectivity index is -0.0000000184. The molecule has 682 valence electrons. The molecule has 80 N–H and O–H groups in total. The molecule has 2 aliphatic rings. The van der Waals surface area contributed by atoms with Crippen molar-refractivity contribution in [2.24, 2.45) is 0 Å². The summed E-state index contributed by atoms with van der Waals surface area (Å²) in [5, 5.41) is 0. The molecule has 75 nitrogen and oxygen atoms in total. The largest absolute Gasteiger partial charge is 0.412 e. The zero-order chi connectivity index (χ0) is 48.0. The van der Waals surface area contributed by atoms with Crippen molar-refractivity contribution in [1.29, 1.82) is 0 Å². The predicted molar refractivity (Wildman–Crippen MR) is 371 cm³/mol. The standard InChI is InChI=1S/C11H20O35S8.16Al.40H2O/c12-47(13,14)36-1-3-4(41-49(18,19)20)5(42-50(21,22)23)6(43-51(24,25)26)9(38-3)39-11(2-37-48(15,16)17)8(45-53(30,31)32)7(44-52(27,28)29)10(40-11)46-54(33,34)35;;;;;;;;;;;;;;;;;;;;;;;;;;;;;;;;;;;;;;;;;;;;;;;;;;;;;;;;/h3-10H,1-2H2,(H,12,13,14)(H,15,16,17)(H,18,19,20)(H,21,22,23)(H,24,25,26)(H,27,28,29)(H,30,31,32)(H,33,34,35);;;;;;;;;;;;;;;;;40*1H2/q;;;;;;;;;8*+1;;;;;;;;;;;;;;;;;;;;;;;;;;;;;;;;;;;;;;;;/p-8/t3-,4-,5+,6-,7+,8+,9+,10-,11-;;;;;;;;;;;;;;;;;;;;;;;;;;;;;;;;;;;;;;;;;;;;;;;;;;;;;;;;/m1......................................................../s1. The minimum atomic E-state index is -5.71. The molecule has 2 aliphatic heterocycles. The van der Waals surface area contributed by atoms with Crippen LogP contribution in [0.2, 0.25) is 0 Å². The molecule has 2 saturated heterocycles. The van der Waals surface area contributed by atoms with Gasteiger partial charge in [-0.1, -0.05) is 0 Å². The zero-order valence-corrected chi connectivity index (χ0v) is 78.3. The van der Waals surface area contributed by atoms with Crippen LogP contribution in [0.15, 0.2) is 0 Å². The lowest BCUT2D eigenvalue weighted by atomic mass is 9.99. The van der Waals surface area contributed by atoms with E-state index in [4.69, 9.17) is 30.9 Å². The van der Waals surface area contributed by atoms with Crippen molar-refractivity contribution in [1.82, 2.24) is 0 Å². The van der Waals surface area contributed by atoms with Gasteiger partial charge in [-0.05, 0) is 0 Å². The molecule has 0 bridgehead atoms. The first kappa shape index (κ1) is 322. The van der Waals surface area contributed by atoms with Crippen LogP contribution in [0.4, 0.5) is 0 Å². The first-order valence-corrected chi connectivity index (χ1v) is 28.0. The lowest BCUT2D eigenvalue weighted by Gasteiger charge is -2.46. The van der Waals surface area contributed by atoms with Gasteiger partial charge in [0.15, 0.2) is 24.6 Å². The van der Waals surface area contributed by atoms with Crippen molar-refractivity contribution in [3.8, 4) is 0 Å². The molecule has 0 aliphatic carbocycles. The predicted octanol–water partition coefficient (Wildman–Crippen LogP) is -46.5. The summed E-state index contributed by atoms with van der Waals surface area (Å²) < 4.78 is 287. The summed E-state index contributed by atoms with van der Waals surface area (Å²) in [6.07, 6.45) is -24.5. The van der Waals surface area contributed by atoms with Gasteiger partial charge in [0.2, 0.25) is 12.1 Å². The molecule has 0 spiro atoms. The highest BCUT2D eigenvalue weighted by molar-refractivity contribution is 7.84. The van der Waals surface area contributed by atoms with Crippen LogP contribution in [-0.4, -0.2) is 626 Å². The highest BCUT2D eigenvalue weighted by Crippen LogP contribution is 2.44. The SMILES string of the molecule is O.O.O.O.O.O.O.O.O.O.O.O.O.O.O.O.O.O.O.O.O.O.O.O.O.O.O.O.O.O.O.O.O.O.O.O.O.O.O.O.O=S(=O)([O][Al])OC[C@H]1O[C@@H](O[C@]2(COS(=O)(=O)[O][Al])O[C@H](OS(=O)(=O)[O][Al])[C@@H](OS(=O)(=O)[O][Al])[C@@H]2OS(=O)(=O)[O][Al])[C@H](OS(=O)(=O)[O][Al])[C@@H](OS(=O)(=O)[O][Al])[C@@H]1OS(=O)(=O)[O][Al].[Al].[Al].[Al].[Al].[Al].[Al].[Al].[Al]. The van der Waals surface area contributed by atoms with Crippen LogP contribution in [0, 0.1) is 0 Å². The van der Waals surface area contributed by atoms with Crippen molar-refractivity contribution in [3.05, 3.63) is 0 Å². The van der Waals surface area contributed by atoms with E-state index in [9.17, 15) is 67.3 Å². The Morgan fingerprint density at radius 2 is 0.436 bits per heavy atom. The summed E-state index contributed by atoms with van der Waals surface area (Å²) in [4.78, 5) is 0. The van der Waals surface area contributed by atoms with Gasteiger partial charge in [-0.15, -0.1) is 0 Å². The third-order valence-corrected chi connectivity index (χ3v) is 17.4. The van der Waals surface area contributed by atoms with Crippen LogP contribution in [0.25, 0.3) is 0 Å². The molecule has 2 rings (SSSR count). The molecule has 110 heavy (non-hydrogen) atoms. The third-order valence-electron chi connectivity index (χ3n) is 6.30. The average molecular weight is 2110 g/mol. The van der Waals surface area contributed by atoms with Gasteiger partial charge in [-0.3, -0.25) is 0 Å². The molecular formula is C11H92Al16O75S8. The fraction of sp³-hybridized carbons (Fsp3) is 1.00. The average Bonchev–Trinajstić information content (AvgIpc) is 3.76. The van der Waals surface area contributed by atoms with E-state index in [0.717, 1.165) is 116 Å². The monoisotopic (exact) mass is 2110 g/mol. The Kier molecular flexibility index (Phi) is 397. The van der Waals surface area contributed by atoms with Crippen LogP contribution in [-0.2, 0) is 157 Å². The van der Waals surface area contributed by atoms with Crippen molar-refractivity contribution >= 4 is 355 Å². The molecule has 0 aromatic heterocycles. The van der Waals surface area contributed by atoms with Crippen molar-refractivity contribution in [3.63, 3.8) is 0 Å². The Morgan fingerprint density at radius 3 is 0.682 bits per heavy atom. The van der Waals surface area contributed by atoms with Gasteiger partial charge in [-0.2, -0.15) is 67.3 Å². The van der Waals surface area contributed by atoms with E-state index in [-0.39, 0.29) is 358 Å². The molecule has 0 aromatic rings. The summed E-state index contributed by atoms with van der Waals surface area (Å²) in [7, 11) is -44.3. The van der Waals surface area contributed by atoms with Crippen molar-refractivity contribution in [2.45, 2.75) is 55.0 Å². The first-order chi connectivity index (χ1) is 28.2. The van der Waals surface area contributed by atoms with Crippen molar-refractivity contribution < 1.29 is 360 Å². The van der Waals surface area contributed by atoms with Gasteiger partial charge in [0.25, 0.3) is 0 Å². The summed E-state index contributed by atoms with van der Waals surface area (Å²) in [6, 6.07) is 0. The van der Waals surface area contributed by atoms with E-state index in [1.165, 1.54) is 16.6 Å². The van der Waals surface area contributed by atoms with Crippen LogP contribution in [0.3, 0.4) is 0 Å². The highest BCUT2D eigenvalue weighted by atomic mass is 32.3. The van der Waals surface area contributed by atoms with E-state index in [0.29, 0.717) is 0 Å². The Morgan fingerprint density at radius 1 is 0.236 bits per heavy atom. The second-order valence-electron chi connectivity index (χ2n) is 9.90. The number of rotatable bonds is 28. The molecule has 0 unspecified atom stereocenters. The quantitative estimate of drug-likeness (QED) is 0.0656. The summed E-state index contributed by atoms with van der Waals surface area (Å²) in [5.74, 6) is -3.93. The topological polar surface area (TPSA) is 1710 Å². The van der Waals surface area contributed by atoms with Gasteiger partial charge in [0, 0.05) is 139 Å². The molecule has 0 saturated carbocycles. The molecule has 99 heteroatoms. The first-order valence-electron chi connectivity index (χ1n) is 13.6. The Labute approximate surface area is 774 Å². The summed E-state index contributed by atoms with van der Waals surface area (Å²) in [6.45, 7) is -3.80. The number of hydrogen-bond donors (Lipinski definition) is 0. The molecule has 2 heterocycles. The molecule has 9 atom stereocenters. The fourth-order valence-corrected chi connectivity index (χ4v) is 9.15. The van der Waals surface area contributed by atoms with Crippen molar-refractivity contribution in [2.75, 3.05) is 13.2 Å². The summed E-state index contributed by atoms with van der Waals surface area (Å²) >= 11 is 9.02. The molecule has 0 aromatic carbocycles. The van der Waals surface area contributed by atoms with E-state index >= 15 is 0 Å². The maximum atomic E-state index is 12.8. The highest BCUT2D eigenvalue weighted by Gasteiger charge is 2.66. The van der Waals surface area contributed by atoms with E-state index < -0.39 is 151 Å². The normalized spacial score (nSPS) is 16.0. The lowest BCUT2D eigenvalue weighted by Crippen LogP contribution is -2.66. The van der Waals surface area contributed by atoms with Gasteiger partial charge in [0.1, 0.15) is 24.9 Å². The Bertz CT molecular complexity index is 2480. The van der Waals surface area contributed by atoms with E-state index in [1.807, 2.05) is 0 Å². The third kappa shape index (κ3) is 106. The minimum Gasteiger partial charge on any atom is -0.412 e. The van der Waals surface area contributed by atoms with E-state index in [1.54, 1.807) is 0 Å². The molecule has 40 radical (unpaired) electrons. The van der Waals surface area contributed by atoms with Gasteiger partial charge in [0.05, 0.1) is 6.61 Å². The van der Waals surface area contributed by atoms with Gasteiger partial charge >= 0.3 is 216 Å². The van der Waals surface area contributed by atoms with Crippen LogP contribution >= 0.6 is 0 Å². The second kappa shape index (κ2) is 135. The fourth-order valence-electron chi connectivity index (χ4n) is 4.18. The maximum absolute atomic E-state index is 12.8. The molecule has 2 fully saturated rings. The Hall–Kier alpha value is 5.76. The van der Waals surface area contributed by atoms with Crippen LogP contribution < -0.4 is 0 Å². The maximum Gasteiger partial charge on any atom is 0.408 e. The number of ether oxygens (including phenoxy) is 3. The second-order valence-corrected chi connectivity index (χ2v) is 24.2.